The van der Waals surface area contributed by atoms with Crippen molar-refractivity contribution in [1.29, 1.82) is 0 Å². The molecular formula is C21H30O4. The van der Waals surface area contributed by atoms with Gasteiger partial charge in [0.05, 0.1) is 29.6 Å². The fourth-order valence-electron chi connectivity index (χ4n) is 7.53. The zero-order chi connectivity index (χ0) is 17.6. The van der Waals surface area contributed by atoms with Crippen molar-refractivity contribution in [1.82, 2.24) is 0 Å². The summed E-state index contributed by atoms with van der Waals surface area (Å²) in [6.07, 6.45) is 7.95. The zero-order valence-corrected chi connectivity index (χ0v) is 15.6. The third kappa shape index (κ3) is 1.88. The summed E-state index contributed by atoms with van der Waals surface area (Å²) in [5.41, 5.74) is 1.01. The maximum atomic E-state index is 12.0. The first kappa shape index (κ1) is 16.3. The van der Waals surface area contributed by atoms with Crippen LogP contribution in [0, 0.1) is 28.6 Å². The van der Waals surface area contributed by atoms with Crippen LogP contribution in [-0.4, -0.2) is 35.5 Å². The van der Waals surface area contributed by atoms with E-state index in [-0.39, 0.29) is 34.6 Å². The second kappa shape index (κ2) is 4.89. The average molecular weight is 346 g/mol. The third-order valence-corrected chi connectivity index (χ3v) is 8.63. The Morgan fingerprint density at radius 2 is 1.96 bits per heavy atom. The van der Waals surface area contributed by atoms with E-state index in [0.29, 0.717) is 30.8 Å². The van der Waals surface area contributed by atoms with E-state index in [4.69, 9.17) is 9.47 Å². The van der Waals surface area contributed by atoms with E-state index in [0.717, 1.165) is 32.1 Å². The Balaban J connectivity index is 1.60. The van der Waals surface area contributed by atoms with Crippen LogP contribution in [0.5, 0.6) is 0 Å². The van der Waals surface area contributed by atoms with Gasteiger partial charge in [0.1, 0.15) is 6.61 Å². The van der Waals surface area contributed by atoms with Crippen LogP contribution in [0.1, 0.15) is 59.3 Å². The van der Waals surface area contributed by atoms with Gasteiger partial charge in [-0.3, -0.25) is 4.79 Å². The average Bonchev–Trinajstić information content (AvgIpc) is 2.98. The summed E-state index contributed by atoms with van der Waals surface area (Å²) in [5.74, 6) is 1.55. The summed E-state index contributed by atoms with van der Waals surface area (Å²) in [6.45, 7) is 7.08. The second-order valence-corrected chi connectivity index (χ2v) is 9.89. The molecule has 2 heterocycles. The molecular weight excluding hydrogens is 316 g/mol. The Kier molecular flexibility index (Phi) is 3.19. The van der Waals surface area contributed by atoms with Gasteiger partial charge in [0.2, 0.25) is 0 Å². The topological polar surface area (TPSA) is 55.8 Å². The molecule has 5 rings (SSSR count). The van der Waals surface area contributed by atoms with Gasteiger partial charge in [-0.2, -0.15) is 0 Å². The lowest BCUT2D eigenvalue weighted by molar-refractivity contribution is -0.176. The summed E-state index contributed by atoms with van der Waals surface area (Å²) in [7, 11) is 0. The van der Waals surface area contributed by atoms with E-state index in [9.17, 15) is 9.90 Å². The van der Waals surface area contributed by atoms with Gasteiger partial charge in [0.25, 0.3) is 0 Å². The van der Waals surface area contributed by atoms with Crippen molar-refractivity contribution in [3.63, 3.8) is 0 Å². The quantitative estimate of drug-likeness (QED) is 0.540. The largest absolute Gasteiger partial charge is 0.465 e. The molecule has 1 spiro atoms. The van der Waals surface area contributed by atoms with E-state index in [1.54, 1.807) is 0 Å². The van der Waals surface area contributed by atoms with Crippen LogP contribution in [0.3, 0.4) is 0 Å². The summed E-state index contributed by atoms with van der Waals surface area (Å²) in [4.78, 5) is 12.0. The number of esters is 1. The highest BCUT2D eigenvalue weighted by molar-refractivity contribution is 5.72. The Hall–Kier alpha value is -0.870. The van der Waals surface area contributed by atoms with Crippen molar-refractivity contribution >= 4 is 5.97 Å². The van der Waals surface area contributed by atoms with Gasteiger partial charge in [-0.1, -0.05) is 13.0 Å². The Morgan fingerprint density at radius 1 is 1.16 bits per heavy atom. The van der Waals surface area contributed by atoms with E-state index < -0.39 is 0 Å². The van der Waals surface area contributed by atoms with E-state index in [1.165, 1.54) is 5.57 Å². The SMILES string of the molecule is CC1(C)OC2CC(=O)OCC23C1=CCC1C2CCC(O)C2(C)CCC13. The smallest absolute Gasteiger partial charge is 0.308 e. The lowest BCUT2D eigenvalue weighted by Gasteiger charge is -2.57. The van der Waals surface area contributed by atoms with Crippen molar-refractivity contribution in [2.75, 3.05) is 6.61 Å². The van der Waals surface area contributed by atoms with Crippen molar-refractivity contribution < 1.29 is 19.4 Å². The Morgan fingerprint density at radius 3 is 2.76 bits per heavy atom. The molecule has 7 atom stereocenters. The zero-order valence-electron chi connectivity index (χ0n) is 15.6. The van der Waals surface area contributed by atoms with Gasteiger partial charge < -0.3 is 14.6 Å². The molecule has 138 valence electrons. The van der Waals surface area contributed by atoms with Crippen LogP contribution >= 0.6 is 0 Å². The van der Waals surface area contributed by atoms with Crippen molar-refractivity contribution in [3.8, 4) is 0 Å². The summed E-state index contributed by atoms with van der Waals surface area (Å²) in [5, 5.41) is 10.6. The summed E-state index contributed by atoms with van der Waals surface area (Å²) < 4.78 is 12.1. The predicted octanol–water partition coefficient (Wildman–Crippen LogP) is 3.23. The lowest BCUT2D eigenvalue weighted by atomic mass is 9.48. The molecule has 4 heteroatoms. The number of cyclic esters (lactones) is 1. The summed E-state index contributed by atoms with van der Waals surface area (Å²) in [6, 6.07) is 0. The fraction of sp³-hybridized carbons (Fsp3) is 0.857. The first-order chi connectivity index (χ1) is 11.8. The predicted molar refractivity (Wildman–Crippen MR) is 92.7 cm³/mol. The molecule has 2 saturated carbocycles. The molecule has 0 radical (unpaired) electrons. The van der Waals surface area contributed by atoms with Gasteiger partial charge in [0.15, 0.2) is 0 Å². The molecule has 0 aromatic carbocycles. The first-order valence-electron chi connectivity index (χ1n) is 10.0. The van der Waals surface area contributed by atoms with Crippen LogP contribution in [0.15, 0.2) is 11.6 Å². The van der Waals surface area contributed by atoms with Crippen LogP contribution in [0.25, 0.3) is 0 Å². The highest BCUT2D eigenvalue weighted by Crippen LogP contribution is 2.68. The van der Waals surface area contributed by atoms with E-state index >= 15 is 0 Å². The highest BCUT2D eigenvalue weighted by atomic mass is 16.6. The molecule has 4 nitrogen and oxygen atoms in total. The van der Waals surface area contributed by atoms with E-state index in [1.807, 2.05) is 0 Å². The molecule has 25 heavy (non-hydrogen) atoms. The molecule has 5 aliphatic rings. The van der Waals surface area contributed by atoms with Crippen molar-refractivity contribution in [2.45, 2.75) is 77.1 Å². The van der Waals surface area contributed by atoms with Gasteiger partial charge in [-0.25, -0.2) is 0 Å². The third-order valence-electron chi connectivity index (χ3n) is 8.63. The maximum absolute atomic E-state index is 12.0. The fourth-order valence-corrected chi connectivity index (χ4v) is 7.53. The number of aliphatic hydroxyl groups is 1. The number of hydrogen-bond donors (Lipinski definition) is 1. The Labute approximate surface area is 150 Å². The maximum Gasteiger partial charge on any atom is 0.308 e. The van der Waals surface area contributed by atoms with Crippen molar-refractivity contribution in [2.24, 2.45) is 28.6 Å². The van der Waals surface area contributed by atoms with Crippen LogP contribution in [-0.2, 0) is 14.3 Å². The summed E-state index contributed by atoms with van der Waals surface area (Å²) >= 11 is 0. The van der Waals surface area contributed by atoms with E-state index in [2.05, 4.69) is 26.8 Å². The molecule has 7 unspecified atom stereocenters. The van der Waals surface area contributed by atoms with Gasteiger partial charge >= 0.3 is 5.97 Å². The number of aliphatic hydroxyl groups excluding tert-OH is 1. The minimum absolute atomic E-state index is 0.0431. The highest BCUT2D eigenvalue weighted by Gasteiger charge is 2.68. The molecule has 1 N–H and O–H groups in total. The van der Waals surface area contributed by atoms with Crippen LogP contribution in [0.4, 0.5) is 0 Å². The second-order valence-electron chi connectivity index (χ2n) is 9.89. The number of hydrogen-bond acceptors (Lipinski definition) is 4. The standard InChI is InChI=1S/C21H30O4/c1-19(2)15-6-4-12-13-5-7-16(22)20(13,3)9-8-14(12)21(15)11-24-18(23)10-17(21)25-19/h6,12-14,16-17,22H,4-5,7-11H2,1-3H3. The molecule has 0 bridgehead atoms. The van der Waals surface area contributed by atoms with Gasteiger partial charge in [0, 0.05) is 0 Å². The number of fused-ring (bicyclic) bond motifs is 3. The molecule has 2 aliphatic heterocycles. The number of rotatable bonds is 0. The van der Waals surface area contributed by atoms with Gasteiger partial charge in [-0.15, -0.1) is 0 Å². The first-order valence-corrected chi connectivity index (χ1v) is 10.0. The van der Waals surface area contributed by atoms with Crippen LogP contribution in [0.2, 0.25) is 0 Å². The number of carbonyl (C=O) groups excluding carboxylic acids is 1. The van der Waals surface area contributed by atoms with Crippen molar-refractivity contribution in [3.05, 3.63) is 11.6 Å². The number of carbonyl (C=O) groups is 1. The molecule has 0 amide bonds. The molecule has 4 fully saturated rings. The number of allylic oxidation sites excluding steroid dienone is 1. The molecule has 3 aliphatic carbocycles. The lowest BCUT2D eigenvalue weighted by Crippen LogP contribution is -2.57. The van der Waals surface area contributed by atoms with Crippen LogP contribution < -0.4 is 0 Å². The Bertz CT molecular complexity index is 652. The minimum atomic E-state index is -0.306. The molecule has 2 saturated heterocycles. The molecule has 0 aromatic heterocycles. The minimum Gasteiger partial charge on any atom is -0.465 e. The van der Waals surface area contributed by atoms with Gasteiger partial charge in [-0.05, 0) is 74.7 Å². The monoisotopic (exact) mass is 346 g/mol. The normalized spacial score (nSPS) is 53.2. The number of ether oxygens (including phenoxy) is 2. The molecule has 0 aromatic rings.